The van der Waals surface area contributed by atoms with Crippen LogP contribution in [-0.4, -0.2) is 47.1 Å². The summed E-state index contributed by atoms with van der Waals surface area (Å²) in [6.07, 6.45) is 3.17. The Kier molecular flexibility index (Phi) is 3.06. The number of phenols is 1. The molecule has 23 heavy (non-hydrogen) atoms. The first-order valence-corrected chi connectivity index (χ1v) is 7.79. The van der Waals surface area contributed by atoms with E-state index in [0.29, 0.717) is 12.2 Å². The highest BCUT2D eigenvalue weighted by molar-refractivity contribution is 5.61. The third-order valence-corrected chi connectivity index (χ3v) is 5.18. The molecule has 4 rings (SSSR count). The SMILES string of the molecule is CN1CC[C@@]23C=C[C@H](OC(=O)O)C[C@@H]2Oc2c(O)ccc(c23)C1. The first kappa shape index (κ1) is 14.4. The number of hydrogen-bond donors (Lipinski definition) is 2. The summed E-state index contributed by atoms with van der Waals surface area (Å²) in [5, 5.41) is 19.1. The minimum atomic E-state index is -1.28. The van der Waals surface area contributed by atoms with Gasteiger partial charge >= 0.3 is 6.16 Å². The molecule has 3 aliphatic rings. The van der Waals surface area contributed by atoms with Crippen LogP contribution < -0.4 is 4.74 Å². The molecule has 2 aliphatic heterocycles. The highest BCUT2D eigenvalue weighted by Crippen LogP contribution is 2.55. The zero-order valence-corrected chi connectivity index (χ0v) is 12.9. The van der Waals surface area contributed by atoms with E-state index in [-0.39, 0.29) is 17.3 Å². The molecule has 1 aromatic rings. The molecule has 0 bridgehead atoms. The molecule has 0 radical (unpaired) electrons. The molecule has 0 fully saturated rings. The lowest BCUT2D eigenvalue weighted by Gasteiger charge is -2.36. The lowest BCUT2D eigenvalue weighted by atomic mass is 9.69. The Morgan fingerprint density at radius 2 is 2.30 bits per heavy atom. The Morgan fingerprint density at radius 3 is 3.09 bits per heavy atom. The van der Waals surface area contributed by atoms with Gasteiger partial charge in [0.2, 0.25) is 0 Å². The van der Waals surface area contributed by atoms with Crippen molar-refractivity contribution in [3.8, 4) is 11.5 Å². The molecule has 122 valence electrons. The zero-order chi connectivity index (χ0) is 16.2. The van der Waals surface area contributed by atoms with Crippen LogP contribution in [0.2, 0.25) is 0 Å². The summed E-state index contributed by atoms with van der Waals surface area (Å²) in [5.41, 5.74) is 1.89. The Morgan fingerprint density at radius 1 is 1.48 bits per heavy atom. The van der Waals surface area contributed by atoms with Gasteiger partial charge in [-0.2, -0.15) is 0 Å². The molecule has 0 amide bonds. The van der Waals surface area contributed by atoms with Gasteiger partial charge in [0.1, 0.15) is 12.2 Å². The summed E-state index contributed by atoms with van der Waals surface area (Å²) in [4.78, 5) is 13.1. The van der Waals surface area contributed by atoms with Crippen molar-refractivity contribution in [2.45, 2.75) is 37.0 Å². The van der Waals surface area contributed by atoms with Gasteiger partial charge in [0.15, 0.2) is 11.5 Å². The lowest BCUT2D eigenvalue weighted by Crippen LogP contribution is -2.43. The predicted molar refractivity (Wildman–Crippen MR) is 81.8 cm³/mol. The third kappa shape index (κ3) is 2.09. The second-order valence-corrected chi connectivity index (χ2v) is 6.60. The molecule has 2 heterocycles. The fourth-order valence-electron chi connectivity index (χ4n) is 4.13. The molecule has 6 heteroatoms. The standard InChI is InChI=1S/C17H19NO5/c1-18-7-6-17-5-4-11(22-16(20)21)8-13(17)23-15-12(19)3-2-10(9-18)14(15)17/h2-5,11,13,19H,6-9H2,1H3,(H,20,21)/t11-,13-,17-/m0/s1. The van der Waals surface area contributed by atoms with E-state index in [0.717, 1.165) is 30.6 Å². The van der Waals surface area contributed by atoms with E-state index in [2.05, 4.69) is 11.9 Å². The normalized spacial score (nSPS) is 31.7. The van der Waals surface area contributed by atoms with Crippen molar-refractivity contribution in [2.24, 2.45) is 0 Å². The van der Waals surface area contributed by atoms with Gasteiger partial charge in [-0.3, -0.25) is 0 Å². The molecule has 0 aromatic heterocycles. The molecule has 6 nitrogen and oxygen atoms in total. The number of hydrogen-bond acceptors (Lipinski definition) is 5. The second-order valence-electron chi connectivity index (χ2n) is 6.60. The van der Waals surface area contributed by atoms with Gasteiger partial charge in [-0.15, -0.1) is 0 Å². The summed E-state index contributed by atoms with van der Waals surface area (Å²) in [5.74, 6) is 0.689. The monoisotopic (exact) mass is 317 g/mol. The number of nitrogens with zero attached hydrogens (tertiary/aromatic N) is 1. The van der Waals surface area contributed by atoms with Gasteiger partial charge in [-0.1, -0.05) is 12.1 Å². The van der Waals surface area contributed by atoms with Gasteiger partial charge in [0.05, 0.1) is 5.41 Å². The van der Waals surface area contributed by atoms with Crippen molar-refractivity contribution >= 4 is 6.16 Å². The number of phenolic OH excluding ortho intramolecular Hbond substituents is 1. The van der Waals surface area contributed by atoms with Crippen LogP contribution in [0, 0.1) is 0 Å². The van der Waals surface area contributed by atoms with Crippen molar-refractivity contribution in [3.05, 3.63) is 35.4 Å². The van der Waals surface area contributed by atoms with Crippen molar-refractivity contribution in [2.75, 3.05) is 13.6 Å². The molecule has 0 unspecified atom stereocenters. The number of aromatic hydroxyl groups is 1. The van der Waals surface area contributed by atoms with Crippen LogP contribution in [0.3, 0.4) is 0 Å². The summed E-state index contributed by atoms with van der Waals surface area (Å²) < 4.78 is 11.0. The minimum Gasteiger partial charge on any atom is -0.504 e. The smallest absolute Gasteiger partial charge is 0.504 e. The quantitative estimate of drug-likeness (QED) is 0.611. The van der Waals surface area contributed by atoms with Gasteiger partial charge in [-0.25, -0.2) is 4.79 Å². The summed E-state index contributed by atoms with van der Waals surface area (Å²) in [6, 6.07) is 3.63. The Hall–Kier alpha value is -2.21. The average Bonchev–Trinajstić information content (AvgIpc) is 2.76. The minimum absolute atomic E-state index is 0.145. The van der Waals surface area contributed by atoms with Crippen LogP contribution >= 0.6 is 0 Å². The van der Waals surface area contributed by atoms with Crippen molar-refractivity contribution in [1.29, 1.82) is 0 Å². The molecule has 0 saturated heterocycles. The molecule has 2 N–H and O–H groups in total. The maximum atomic E-state index is 10.8. The van der Waals surface area contributed by atoms with Crippen LogP contribution in [0.5, 0.6) is 11.5 Å². The Balaban J connectivity index is 1.82. The number of benzene rings is 1. The molecule has 1 aromatic carbocycles. The highest BCUT2D eigenvalue weighted by Gasteiger charge is 2.53. The number of ether oxygens (including phenoxy) is 2. The van der Waals surface area contributed by atoms with Crippen LogP contribution in [0.4, 0.5) is 4.79 Å². The second kappa shape index (κ2) is 4.89. The Labute approximate surface area is 133 Å². The van der Waals surface area contributed by atoms with Gasteiger partial charge < -0.3 is 24.6 Å². The third-order valence-electron chi connectivity index (χ3n) is 5.18. The van der Waals surface area contributed by atoms with E-state index in [1.165, 1.54) is 0 Å². The molecule has 3 atom stereocenters. The van der Waals surface area contributed by atoms with E-state index in [1.807, 2.05) is 18.2 Å². The predicted octanol–water partition coefficient (Wildman–Crippen LogP) is 2.25. The van der Waals surface area contributed by atoms with Crippen molar-refractivity contribution in [3.63, 3.8) is 0 Å². The van der Waals surface area contributed by atoms with Gasteiger partial charge in [0.25, 0.3) is 0 Å². The first-order valence-electron chi connectivity index (χ1n) is 7.79. The molecular weight excluding hydrogens is 298 g/mol. The van der Waals surface area contributed by atoms with E-state index in [9.17, 15) is 9.90 Å². The van der Waals surface area contributed by atoms with Crippen LogP contribution in [0.25, 0.3) is 0 Å². The fraction of sp³-hybridized carbons (Fsp3) is 0.471. The lowest BCUT2D eigenvalue weighted by molar-refractivity contribution is 0.0338. The van der Waals surface area contributed by atoms with Crippen LogP contribution in [-0.2, 0) is 16.7 Å². The summed E-state index contributed by atoms with van der Waals surface area (Å²) >= 11 is 0. The summed E-state index contributed by atoms with van der Waals surface area (Å²) in [7, 11) is 2.08. The number of rotatable bonds is 1. The van der Waals surface area contributed by atoms with Crippen LogP contribution in [0.1, 0.15) is 24.0 Å². The maximum absolute atomic E-state index is 10.8. The van der Waals surface area contributed by atoms with E-state index in [4.69, 9.17) is 14.6 Å². The number of carboxylic acid groups (broad SMARTS) is 1. The topological polar surface area (TPSA) is 79.2 Å². The molecular formula is C17H19NO5. The summed E-state index contributed by atoms with van der Waals surface area (Å²) in [6.45, 7) is 1.72. The number of carbonyl (C=O) groups is 1. The van der Waals surface area contributed by atoms with Gasteiger partial charge in [-0.05, 0) is 37.7 Å². The highest BCUT2D eigenvalue weighted by atomic mass is 16.7. The molecule has 1 aliphatic carbocycles. The van der Waals surface area contributed by atoms with E-state index >= 15 is 0 Å². The maximum Gasteiger partial charge on any atom is 0.506 e. The van der Waals surface area contributed by atoms with Crippen molar-refractivity contribution in [1.82, 2.24) is 4.90 Å². The Bertz CT molecular complexity index is 700. The van der Waals surface area contributed by atoms with Crippen molar-refractivity contribution < 1.29 is 24.5 Å². The average molecular weight is 317 g/mol. The molecule has 0 saturated carbocycles. The van der Waals surface area contributed by atoms with E-state index in [1.54, 1.807) is 6.07 Å². The van der Waals surface area contributed by atoms with Crippen LogP contribution in [0.15, 0.2) is 24.3 Å². The molecule has 1 spiro atoms. The fourth-order valence-corrected chi connectivity index (χ4v) is 4.13. The zero-order valence-electron chi connectivity index (χ0n) is 12.9. The van der Waals surface area contributed by atoms with Gasteiger partial charge in [0, 0.05) is 18.5 Å². The first-order chi connectivity index (χ1) is 11.0. The van der Waals surface area contributed by atoms with E-state index < -0.39 is 12.3 Å². The largest absolute Gasteiger partial charge is 0.506 e.